The summed E-state index contributed by atoms with van der Waals surface area (Å²) in [4.78, 5) is 39.9. The molecule has 4 aromatic rings. The Labute approximate surface area is 193 Å². The zero-order valence-electron chi connectivity index (χ0n) is 18.3. The minimum atomic E-state index is -0.427. The monoisotopic (exact) mass is 462 g/mol. The lowest BCUT2D eigenvalue weighted by molar-refractivity contribution is 0.0462. The Bertz CT molecular complexity index is 1430. The maximum atomic E-state index is 13.2. The van der Waals surface area contributed by atoms with E-state index in [1.165, 1.54) is 11.3 Å². The fraction of sp³-hybridized carbons (Fsp3) is 0.292. The maximum Gasteiger partial charge on any atom is 0.348 e. The van der Waals surface area contributed by atoms with Crippen LogP contribution in [0, 0.1) is 6.92 Å². The van der Waals surface area contributed by atoms with Crippen LogP contribution in [-0.4, -0.2) is 33.5 Å². The number of hydrogen-bond donors (Lipinski definition) is 1. The van der Waals surface area contributed by atoms with Gasteiger partial charge in [0.25, 0.3) is 0 Å². The summed E-state index contributed by atoms with van der Waals surface area (Å²) < 4.78 is 10.8. The maximum absolute atomic E-state index is 13.2. The van der Waals surface area contributed by atoms with E-state index >= 15 is 0 Å². The van der Waals surface area contributed by atoms with Crippen molar-refractivity contribution >= 4 is 50.2 Å². The number of pyridine rings is 1. The number of nitrogen functional groups attached to an aromatic ring is 1. The molecule has 0 spiro atoms. The van der Waals surface area contributed by atoms with Crippen molar-refractivity contribution in [1.29, 1.82) is 0 Å². The molecule has 0 unspecified atom stereocenters. The highest BCUT2D eigenvalue weighted by Gasteiger charge is 2.25. The third-order valence-electron chi connectivity index (χ3n) is 5.78. The summed E-state index contributed by atoms with van der Waals surface area (Å²) in [5, 5.41) is 1.41. The first kappa shape index (κ1) is 21.3. The second-order valence-corrected chi connectivity index (χ2v) is 8.84. The summed E-state index contributed by atoms with van der Waals surface area (Å²) in [7, 11) is 0. The molecule has 0 bridgehead atoms. The lowest BCUT2D eigenvalue weighted by atomic mass is 10.0. The van der Waals surface area contributed by atoms with Crippen molar-refractivity contribution in [3.05, 3.63) is 57.4 Å². The number of carbonyl (C=O) groups excluding carboxylic acids is 2. The van der Waals surface area contributed by atoms with E-state index in [2.05, 4.69) is 9.97 Å². The predicted molar refractivity (Wildman–Crippen MR) is 125 cm³/mol. The van der Waals surface area contributed by atoms with E-state index in [0.29, 0.717) is 26.2 Å². The minimum absolute atomic E-state index is 0.129. The molecule has 33 heavy (non-hydrogen) atoms. The topological polar surface area (TPSA) is 117 Å². The third kappa shape index (κ3) is 3.68. The fourth-order valence-corrected chi connectivity index (χ4v) is 5.42. The lowest BCUT2D eigenvalue weighted by Crippen LogP contribution is -2.12. The smallest absolute Gasteiger partial charge is 0.348 e. The number of rotatable bonds is 5. The number of nitrogens with two attached hydrogens (primary N) is 1. The van der Waals surface area contributed by atoms with E-state index < -0.39 is 11.9 Å². The van der Waals surface area contributed by atoms with Crippen LogP contribution in [0.1, 0.15) is 56.0 Å². The van der Waals surface area contributed by atoms with Crippen LogP contribution >= 0.6 is 11.3 Å². The summed E-state index contributed by atoms with van der Waals surface area (Å²) in [5.41, 5.74) is 10.1. The SMILES string of the molecule is CCOC(=O)c1sc2nc(COC(=O)c3c4c(nc5ccccc35)CCC4)nc(N)c2c1C. The number of aryl methyl sites for hydroxylation is 2. The van der Waals surface area contributed by atoms with Gasteiger partial charge in [0.2, 0.25) is 0 Å². The molecule has 1 aromatic carbocycles. The van der Waals surface area contributed by atoms with Gasteiger partial charge in [-0.1, -0.05) is 18.2 Å². The Morgan fingerprint density at radius 3 is 2.73 bits per heavy atom. The largest absolute Gasteiger partial charge is 0.462 e. The van der Waals surface area contributed by atoms with Crippen molar-refractivity contribution in [1.82, 2.24) is 15.0 Å². The number of fused-ring (bicyclic) bond motifs is 3. The molecule has 5 rings (SSSR count). The molecule has 3 heterocycles. The van der Waals surface area contributed by atoms with Crippen LogP contribution in [0.15, 0.2) is 24.3 Å². The summed E-state index contributed by atoms with van der Waals surface area (Å²) in [5.74, 6) is -0.321. The summed E-state index contributed by atoms with van der Waals surface area (Å²) in [6.45, 7) is 3.69. The number of aromatic nitrogens is 3. The van der Waals surface area contributed by atoms with Crippen LogP contribution in [0.5, 0.6) is 0 Å². The van der Waals surface area contributed by atoms with E-state index in [1.54, 1.807) is 13.8 Å². The molecular formula is C24H22N4O4S. The quantitative estimate of drug-likeness (QED) is 0.440. The molecule has 2 N–H and O–H groups in total. The average Bonchev–Trinajstić information content (AvgIpc) is 3.40. The molecule has 0 saturated heterocycles. The number of esters is 2. The molecule has 0 fully saturated rings. The van der Waals surface area contributed by atoms with Crippen molar-refractivity contribution in [2.45, 2.75) is 39.7 Å². The Balaban J connectivity index is 1.45. The first-order valence-corrected chi connectivity index (χ1v) is 11.6. The van der Waals surface area contributed by atoms with Gasteiger partial charge < -0.3 is 15.2 Å². The highest BCUT2D eigenvalue weighted by atomic mass is 32.1. The van der Waals surface area contributed by atoms with E-state index in [4.69, 9.17) is 20.2 Å². The standard InChI is InChI=1S/C24H22N4O4S/c1-3-31-24(30)20-12(2)18-21(25)27-17(28-22(18)33-20)11-32-23(29)19-13-7-4-5-9-15(13)26-16-10-6-8-14(16)19/h4-5,7,9H,3,6,8,10-11H2,1-2H3,(H2,25,27,28). The number of carbonyl (C=O) groups is 2. The van der Waals surface area contributed by atoms with E-state index in [0.717, 1.165) is 41.4 Å². The number of para-hydroxylation sites is 1. The molecule has 168 valence electrons. The van der Waals surface area contributed by atoms with Crippen LogP contribution in [0.3, 0.4) is 0 Å². The number of hydrogen-bond acceptors (Lipinski definition) is 9. The van der Waals surface area contributed by atoms with E-state index in [-0.39, 0.29) is 24.9 Å². The summed E-state index contributed by atoms with van der Waals surface area (Å²) in [6, 6.07) is 7.59. The molecule has 9 heteroatoms. The van der Waals surface area contributed by atoms with Crippen LogP contribution in [0.2, 0.25) is 0 Å². The Morgan fingerprint density at radius 1 is 1.09 bits per heavy atom. The number of anilines is 1. The average molecular weight is 463 g/mol. The molecular weight excluding hydrogens is 440 g/mol. The van der Waals surface area contributed by atoms with Crippen molar-refractivity contribution in [2.24, 2.45) is 0 Å². The summed E-state index contributed by atoms with van der Waals surface area (Å²) >= 11 is 1.19. The van der Waals surface area contributed by atoms with Gasteiger partial charge in [-0.25, -0.2) is 19.6 Å². The fourth-order valence-electron chi connectivity index (χ4n) is 4.32. The first-order valence-electron chi connectivity index (χ1n) is 10.8. The Kier molecular flexibility index (Phi) is 5.41. The zero-order valence-corrected chi connectivity index (χ0v) is 19.1. The first-order chi connectivity index (χ1) is 16.0. The van der Waals surface area contributed by atoms with Crippen LogP contribution < -0.4 is 5.73 Å². The highest BCUT2D eigenvalue weighted by Crippen LogP contribution is 2.34. The van der Waals surface area contributed by atoms with Gasteiger partial charge in [-0.05, 0) is 50.3 Å². The second kappa shape index (κ2) is 8.40. The van der Waals surface area contributed by atoms with E-state index in [1.807, 2.05) is 24.3 Å². The van der Waals surface area contributed by atoms with Gasteiger partial charge in [0.05, 0.1) is 23.1 Å². The Hall–Kier alpha value is -3.59. The summed E-state index contributed by atoms with van der Waals surface area (Å²) in [6.07, 6.45) is 2.63. The van der Waals surface area contributed by atoms with E-state index in [9.17, 15) is 9.59 Å². The van der Waals surface area contributed by atoms with Crippen molar-refractivity contribution in [3.8, 4) is 0 Å². The Morgan fingerprint density at radius 2 is 1.91 bits per heavy atom. The van der Waals surface area contributed by atoms with Gasteiger partial charge in [-0.3, -0.25) is 4.98 Å². The molecule has 8 nitrogen and oxygen atoms in total. The number of nitrogens with zero attached hydrogens (tertiary/aromatic N) is 3. The molecule has 0 radical (unpaired) electrons. The van der Waals surface area contributed by atoms with Crippen LogP contribution in [0.4, 0.5) is 5.82 Å². The van der Waals surface area contributed by atoms with Crippen molar-refractivity contribution in [3.63, 3.8) is 0 Å². The molecule has 0 saturated carbocycles. The third-order valence-corrected chi connectivity index (χ3v) is 6.95. The van der Waals surface area contributed by atoms with Gasteiger partial charge in [0.15, 0.2) is 12.4 Å². The number of benzene rings is 1. The van der Waals surface area contributed by atoms with Crippen molar-refractivity contribution in [2.75, 3.05) is 12.3 Å². The second-order valence-electron chi connectivity index (χ2n) is 7.84. The van der Waals surface area contributed by atoms with Crippen LogP contribution in [-0.2, 0) is 28.9 Å². The zero-order chi connectivity index (χ0) is 23.1. The number of ether oxygens (including phenoxy) is 2. The van der Waals surface area contributed by atoms with Gasteiger partial charge in [0, 0.05) is 11.1 Å². The molecule has 1 aliphatic carbocycles. The lowest BCUT2D eigenvalue weighted by Gasteiger charge is -2.12. The van der Waals surface area contributed by atoms with Gasteiger partial charge >= 0.3 is 11.9 Å². The van der Waals surface area contributed by atoms with Crippen LogP contribution in [0.25, 0.3) is 21.1 Å². The van der Waals surface area contributed by atoms with Gasteiger partial charge in [0.1, 0.15) is 15.5 Å². The molecule has 0 atom stereocenters. The number of thiophene rings is 1. The highest BCUT2D eigenvalue weighted by molar-refractivity contribution is 7.20. The molecule has 0 aliphatic heterocycles. The predicted octanol–water partition coefficient (Wildman–Crippen LogP) is 4.15. The van der Waals surface area contributed by atoms with Gasteiger partial charge in [-0.15, -0.1) is 11.3 Å². The minimum Gasteiger partial charge on any atom is -0.462 e. The van der Waals surface area contributed by atoms with Crippen molar-refractivity contribution < 1.29 is 19.1 Å². The molecule has 1 aliphatic rings. The molecule has 0 amide bonds. The van der Waals surface area contributed by atoms with Gasteiger partial charge in [-0.2, -0.15) is 0 Å². The normalized spacial score (nSPS) is 12.8. The molecule has 3 aromatic heterocycles.